The van der Waals surface area contributed by atoms with Crippen LogP contribution in [0.3, 0.4) is 0 Å². The Bertz CT molecular complexity index is 952. The largest absolute Gasteiger partial charge is 0.494 e. The second-order valence-corrected chi connectivity index (χ2v) is 9.32. The molecule has 1 aliphatic heterocycles. The Hall–Kier alpha value is -2.86. The fourth-order valence-electron chi connectivity index (χ4n) is 4.43. The lowest BCUT2D eigenvalue weighted by Crippen LogP contribution is -2.35. The maximum atomic E-state index is 13.1. The van der Waals surface area contributed by atoms with Crippen LogP contribution in [0.5, 0.6) is 5.75 Å². The van der Waals surface area contributed by atoms with E-state index in [2.05, 4.69) is 34.6 Å². The third kappa shape index (κ3) is 5.74. The summed E-state index contributed by atoms with van der Waals surface area (Å²) in [5.74, 6) is 1.09. The van der Waals surface area contributed by atoms with E-state index >= 15 is 0 Å². The van der Waals surface area contributed by atoms with Crippen molar-refractivity contribution >= 4 is 23.1 Å². The minimum atomic E-state index is -0.425. The highest BCUT2D eigenvalue weighted by Gasteiger charge is 2.51. The molecule has 1 heterocycles. The van der Waals surface area contributed by atoms with E-state index in [1.165, 1.54) is 0 Å². The number of rotatable bonds is 11. The molecule has 4 rings (SSSR count). The first-order chi connectivity index (χ1) is 16.0. The molecule has 6 nitrogen and oxygen atoms in total. The van der Waals surface area contributed by atoms with Crippen molar-refractivity contribution in [1.29, 1.82) is 0 Å². The fraction of sp³-hybridized carbons (Fsp3) is 0.481. The van der Waals surface area contributed by atoms with Gasteiger partial charge in [0.05, 0.1) is 18.6 Å². The van der Waals surface area contributed by atoms with Crippen molar-refractivity contribution in [3.05, 3.63) is 54.1 Å². The van der Waals surface area contributed by atoms with Gasteiger partial charge in [0.25, 0.3) is 0 Å². The van der Waals surface area contributed by atoms with Gasteiger partial charge in [-0.2, -0.15) is 0 Å². The summed E-state index contributed by atoms with van der Waals surface area (Å²) in [5.41, 5.74) is 2.59. The maximum Gasteiger partial charge on any atom is 0.235 e. The highest BCUT2D eigenvalue weighted by Crippen LogP contribution is 2.49. The van der Waals surface area contributed by atoms with Crippen LogP contribution in [-0.2, 0) is 15.0 Å². The van der Waals surface area contributed by atoms with E-state index in [1.807, 2.05) is 36.4 Å². The van der Waals surface area contributed by atoms with Crippen molar-refractivity contribution in [2.24, 2.45) is 0 Å². The second kappa shape index (κ2) is 10.4. The van der Waals surface area contributed by atoms with E-state index < -0.39 is 5.41 Å². The molecule has 1 saturated heterocycles. The first-order valence-electron chi connectivity index (χ1n) is 12.1. The molecule has 0 radical (unpaired) electrons. The molecule has 0 aromatic heterocycles. The lowest BCUT2D eigenvalue weighted by molar-refractivity contribution is -0.118. The second-order valence-electron chi connectivity index (χ2n) is 9.32. The number of carbonyl (C=O) groups excluding carboxylic acids is 2. The van der Waals surface area contributed by atoms with Crippen molar-refractivity contribution in [3.8, 4) is 5.75 Å². The summed E-state index contributed by atoms with van der Waals surface area (Å²) >= 11 is 0. The molecule has 0 bridgehead atoms. The molecular weight excluding hydrogens is 414 g/mol. The van der Waals surface area contributed by atoms with E-state index in [9.17, 15) is 9.59 Å². The van der Waals surface area contributed by atoms with Crippen LogP contribution in [0, 0.1) is 0 Å². The minimum absolute atomic E-state index is 0.0598. The zero-order valence-electron chi connectivity index (χ0n) is 19.7. The molecule has 2 N–H and O–H groups in total. The average Bonchev–Trinajstić information content (AvgIpc) is 3.50. The Morgan fingerprint density at radius 2 is 1.82 bits per heavy atom. The third-order valence-electron chi connectivity index (χ3n) is 6.68. The molecule has 2 fully saturated rings. The highest BCUT2D eigenvalue weighted by molar-refractivity contribution is 6.01. The lowest BCUT2D eigenvalue weighted by atomic mass is 9.94. The predicted octanol–water partition coefficient (Wildman–Crippen LogP) is 4.29. The van der Waals surface area contributed by atoms with Crippen molar-refractivity contribution in [2.75, 3.05) is 36.5 Å². The molecular formula is C27H35N3O3. The van der Waals surface area contributed by atoms with Crippen molar-refractivity contribution in [3.63, 3.8) is 0 Å². The smallest absolute Gasteiger partial charge is 0.235 e. The van der Waals surface area contributed by atoms with Crippen molar-refractivity contribution in [2.45, 2.75) is 57.4 Å². The van der Waals surface area contributed by atoms with Gasteiger partial charge in [0, 0.05) is 30.5 Å². The van der Waals surface area contributed by atoms with Gasteiger partial charge in [-0.1, -0.05) is 25.5 Å². The van der Waals surface area contributed by atoms with E-state index in [0.29, 0.717) is 12.6 Å². The quantitative estimate of drug-likeness (QED) is 0.501. The molecule has 2 aliphatic rings. The van der Waals surface area contributed by atoms with E-state index in [-0.39, 0.29) is 11.7 Å². The van der Waals surface area contributed by atoms with Gasteiger partial charge in [-0.3, -0.25) is 9.59 Å². The number of nitrogens with zero attached hydrogens (tertiary/aromatic N) is 1. The van der Waals surface area contributed by atoms with Crippen LogP contribution in [-0.4, -0.2) is 44.0 Å². The van der Waals surface area contributed by atoms with Crippen LogP contribution in [0.25, 0.3) is 0 Å². The lowest BCUT2D eigenvalue weighted by Gasteiger charge is -2.20. The normalized spacial score (nSPS) is 18.7. The fourth-order valence-corrected chi connectivity index (χ4v) is 4.43. The molecule has 1 saturated carbocycles. The zero-order valence-corrected chi connectivity index (χ0v) is 19.7. The van der Waals surface area contributed by atoms with Crippen LogP contribution >= 0.6 is 0 Å². The van der Waals surface area contributed by atoms with Crippen molar-refractivity contribution in [1.82, 2.24) is 5.32 Å². The first-order valence-corrected chi connectivity index (χ1v) is 12.1. The number of hydrogen-bond donors (Lipinski definition) is 2. The van der Waals surface area contributed by atoms with Gasteiger partial charge in [0.1, 0.15) is 11.5 Å². The zero-order chi connectivity index (χ0) is 23.3. The van der Waals surface area contributed by atoms with Crippen LogP contribution in [0.2, 0.25) is 0 Å². The van der Waals surface area contributed by atoms with Crippen LogP contribution in [0.1, 0.15) is 51.5 Å². The topological polar surface area (TPSA) is 70.7 Å². The van der Waals surface area contributed by atoms with Gasteiger partial charge in [-0.25, -0.2) is 0 Å². The molecule has 6 heteroatoms. The molecule has 1 atom stereocenters. The van der Waals surface area contributed by atoms with E-state index in [4.69, 9.17) is 4.74 Å². The van der Waals surface area contributed by atoms with Crippen LogP contribution < -0.4 is 20.3 Å². The number of carbonyl (C=O) groups is 2. The SMILES string of the molecule is CCCCOc1ccc(C2(C(=O)Nc3ccc(N4CCC(NCC(C)=O)C4)cc3)CC2)cc1. The number of benzene rings is 2. The van der Waals surface area contributed by atoms with Gasteiger partial charge in [0.2, 0.25) is 5.91 Å². The molecule has 2 aromatic rings. The highest BCUT2D eigenvalue weighted by atomic mass is 16.5. The molecule has 0 spiro atoms. The molecule has 1 unspecified atom stereocenters. The Morgan fingerprint density at radius 3 is 2.45 bits per heavy atom. The summed E-state index contributed by atoms with van der Waals surface area (Å²) in [6.45, 7) is 6.76. The van der Waals surface area contributed by atoms with Crippen molar-refractivity contribution < 1.29 is 14.3 Å². The average molecular weight is 450 g/mol. The first kappa shape index (κ1) is 23.3. The molecule has 176 valence electrons. The number of unbranched alkanes of at least 4 members (excludes halogenated alkanes) is 1. The van der Waals surface area contributed by atoms with E-state index in [0.717, 1.165) is 74.5 Å². The number of anilines is 2. The summed E-state index contributed by atoms with van der Waals surface area (Å²) in [5, 5.41) is 6.44. The standard InChI is InChI=1S/C27H35N3O3/c1-3-4-17-33-25-11-5-21(6-12-25)27(14-15-27)26(32)29-22-7-9-24(10-8-22)30-16-13-23(19-30)28-18-20(2)31/h5-12,23,28H,3-4,13-19H2,1-2H3,(H,29,32). The Morgan fingerprint density at radius 1 is 1.09 bits per heavy atom. The summed E-state index contributed by atoms with van der Waals surface area (Å²) in [4.78, 5) is 26.6. The summed E-state index contributed by atoms with van der Waals surface area (Å²) < 4.78 is 5.75. The van der Waals surface area contributed by atoms with Gasteiger partial charge in [-0.15, -0.1) is 0 Å². The molecule has 2 aromatic carbocycles. The van der Waals surface area contributed by atoms with Crippen LogP contribution in [0.4, 0.5) is 11.4 Å². The summed E-state index contributed by atoms with van der Waals surface area (Å²) in [6.07, 6.45) is 4.92. The van der Waals surface area contributed by atoms with Crippen LogP contribution in [0.15, 0.2) is 48.5 Å². The Balaban J connectivity index is 1.32. The predicted molar refractivity (Wildman–Crippen MR) is 132 cm³/mol. The summed E-state index contributed by atoms with van der Waals surface area (Å²) in [7, 11) is 0. The van der Waals surface area contributed by atoms with E-state index in [1.54, 1.807) is 6.92 Å². The number of nitrogens with one attached hydrogen (secondary N) is 2. The molecule has 33 heavy (non-hydrogen) atoms. The van der Waals surface area contributed by atoms with Gasteiger partial charge in [-0.05, 0) is 74.6 Å². The maximum absolute atomic E-state index is 13.1. The number of Topliss-reactive ketones (excluding diaryl/α,β-unsaturated/α-hetero) is 1. The molecule has 1 amide bonds. The minimum Gasteiger partial charge on any atom is -0.494 e. The number of ether oxygens (including phenoxy) is 1. The Kier molecular flexibility index (Phi) is 7.33. The summed E-state index contributed by atoms with van der Waals surface area (Å²) in [6, 6.07) is 16.4. The monoisotopic (exact) mass is 449 g/mol. The number of hydrogen-bond acceptors (Lipinski definition) is 5. The number of ketones is 1. The van der Waals surface area contributed by atoms with Gasteiger partial charge >= 0.3 is 0 Å². The van der Waals surface area contributed by atoms with Gasteiger partial charge in [0.15, 0.2) is 0 Å². The Labute approximate surface area is 196 Å². The van der Waals surface area contributed by atoms with Gasteiger partial charge < -0.3 is 20.3 Å². The third-order valence-corrected chi connectivity index (χ3v) is 6.68. The number of amides is 1. The molecule has 1 aliphatic carbocycles.